The van der Waals surface area contributed by atoms with Crippen molar-refractivity contribution in [1.29, 1.82) is 0 Å². The highest BCUT2D eigenvalue weighted by Gasteiger charge is 2.14. The third-order valence-electron chi connectivity index (χ3n) is 4.24. The molecule has 6 heteroatoms. The minimum Gasteiger partial charge on any atom is -0.504 e. The van der Waals surface area contributed by atoms with Crippen LogP contribution < -0.4 is 14.9 Å². The van der Waals surface area contributed by atoms with Crippen LogP contribution in [-0.4, -0.2) is 30.4 Å². The van der Waals surface area contributed by atoms with E-state index in [1.807, 2.05) is 54.6 Å². The van der Waals surface area contributed by atoms with Gasteiger partial charge in [-0.05, 0) is 53.9 Å². The first-order chi connectivity index (χ1) is 14.1. The fourth-order valence-electron chi connectivity index (χ4n) is 2.65. The summed E-state index contributed by atoms with van der Waals surface area (Å²) in [5, 5.41) is 13.5. The highest BCUT2D eigenvalue weighted by molar-refractivity contribution is 5.85. The molecular weight excluding hydrogens is 368 g/mol. The first-order valence-electron chi connectivity index (χ1n) is 9.09. The summed E-state index contributed by atoms with van der Waals surface area (Å²) in [5.74, 6) is 0.587. The number of hydrogen-bond donors (Lipinski definition) is 2. The van der Waals surface area contributed by atoms with Crippen molar-refractivity contribution in [2.45, 2.75) is 13.0 Å². The van der Waals surface area contributed by atoms with Crippen LogP contribution in [0.2, 0.25) is 0 Å². The van der Waals surface area contributed by atoms with Crippen molar-refractivity contribution in [1.82, 2.24) is 5.43 Å². The van der Waals surface area contributed by atoms with Gasteiger partial charge < -0.3 is 14.6 Å². The largest absolute Gasteiger partial charge is 0.504 e. The third kappa shape index (κ3) is 5.35. The van der Waals surface area contributed by atoms with Crippen LogP contribution >= 0.6 is 0 Å². The zero-order chi connectivity index (χ0) is 20.6. The van der Waals surface area contributed by atoms with Gasteiger partial charge in [0.2, 0.25) is 0 Å². The monoisotopic (exact) mass is 390 g/mol. The highest BCUT2D eigenvalue weighted by Crippen LogP contribution is 2.25. The van der Waals surface area contributed by atoms with Crippen molar-refractivity contribution >= 4 is 12.1 Å². The number of phenolic OH excluding ortho intramolecular Hbond substituents is 1. The molecule has 1 atom stereocenters. The van der Waals surface area contributed by atoms with Gasteiger partial charge >= 0.3 is 0 Å². The molecule has 0 aliphatic carbocycles. The van der Waals surface area contributed by atoms with Crippen molar-refractivity contribution in [2.24, 2.45) is 5.10 Å². The Kier molecular flexibility index (Phi) is 6.47. The van der Waals surface area contributed by atoms with E-state index in [-0.39, 0.29) is 11.7 Å². The van der Waals surface area contributed by atoms with Gasteiger partial charge in [0.25, 0.3) is 5.91 Å². The number of hydrogen-bond acceptors (Lipinski definition) is 5. The number of rotatable bonds is 7. The molecule has 0 heterocycles. The molecule has 6 nitrogen and oxygen atoms in total. The summed E-state index contributed by atoms with van der Waals surface area (Å²) in [7, 11) is 1.46. The lowest BCUT2D eigenvalue weighted by atomic mass is 10.1. The molecule has 0 aliphatic rings. The Morgan fingerprint density at radius 2 is 1.72 bits per heavy atom. The number of carbonyl (C=O) groups is 1. The van der Waals surface area contributed by atoms with Gasteiger partial charge in [-0.25, -0.2) is 5.43 Å². The number of hydrazone groups is 1. The molecule has 0 unspecified atom stereocenters. The Balaban J connectivity index is 1.55. The second-order valence-corrected chi connectivity index (χ2v) is 6.32. The molecule has 148 valence electrons. The first-order valence-corrected chi connectivity index (χ1v) is 9.09. The molecule has 0 saturated carbocycles. The number of phenols is 1. The smallest absolute Gasteiger partial charge is 0.280 e. The second kappa shape index (κ2) is 9.41. The fraction of sp³-hybridized carbons (Fsp3) is 0.130. The van der Waals surface area contributed by atoms with E-state index in [9.17, 15) is 9.90 Å². The second-order valence-electron chi connectivity index (χ2n) is 6.32. The maximum atomic E-state index is 12.2. The normalized spacial score (nSPS) is 11.8. The van der Waals surface area contributed by atoms with Gasteiger partial charge in [-0.3, -0.25) is 4.79 Å². The van der Waals surface area contributed by atoms with Crippen LogP contribution in [0.3, 0.4) is 0 Å². The quantitative estimate of drug-likeness (QED) is 0.472. The topological polar surface area (TPSA) is 80.2 Å². The Labute approximate surface area is 169 Å². The predicted octanol–water partition coefficient (Wildman–Crippen LogP) is 3.99. The SMILES string of the molecule is COc1cc(/C=N\NC(=O)[C@H](C)Oc2ccc(-c3ccccc3)cc2)ccc1O. The van der Waals surface area contributed by atoms with E-state index < -0.39 is 6.10 Å². The van der Waals surface area contributed by atoms with E-state index >= 15 is 0 Å². The molecule has 0 aliphatic heterocycles. The molecule has 0 radical (unpaired) electrons. The zero-order valence-corrected chi connectivity index (χ0v) is 16.2. The summed E-state index contributed by atoms with van der Waals surface area (Å²) in [4.78, 5) is 12.2. The van der Waals surface area contributed by atoms with E-state index in [0.29, 0.717) is 17.1 Å². The van der Waals surface area contributed by atoms with Gasteiger partial charge in [-0.15, -0.1) is 0 Å². The number of methoxy groups -OCH3 is 1. The molecule has 0 aromatic heterocycles. The van der Waals surface area contributed by atoms with Crippen LogP contribution in [-0.2, 0) is 4.79 Å². The third-order valence-corrected chi connectivity index (χ3v) is 4.24. The molecule has 3 rings (SSSR count). The van der Waals surface area contributed by atoms with Crippen LogP contribution in [0.1, 0.15) is 12.5 Å². The molecule has 2 N–H and O–H groups in total. The van der Waals surface area contributed by atoms with Gasteiger partial charge in [0, 0.05) is 0 Å². The average molecular weight is 390 g/mol. The molecule has 0 fully saturated rings. The number of amides is 1. The Morgan fingerprint density at radius 1 is 1.03 bits per heavy atom. The first kappa shape index (κ1) is 19.9. The molecule has 0 spiro atoms. The number of ether oxygens (including phenoxy) is 2. The van der Waals surface area contributed by atoms with Gasteiger partial charge in [0.1, 0.15) is 5.75 Å². The molecule has 1 amide bonds. The van der Waals surface area contributed by atoms with Crippen molar-refractivity contribution < 1.29 is 19.4 Å². The van der Waals surface area contributed by atoms with Gasteiger partial charge in [0.15, 0.2) is 17.6 Å². The summed E-state index contributed by atoms with van der Waals surface area (Å²) >= 11 is 0. The highest BCUT2D eigenvalue weighted by atomic mass is 16.5. The van der Waals surface area contributed by atoms with E-state index in [4.69, 9.17) is 9.47 Å². The van der Waals surface area contributed by atoms with Crippen LogP contribution in [0.5, 0.6) is 17.2 Å². The van der Waals surface area contributed by atoms with E-state index in [1.165, 1.54) is 19.4 Å². The minimum absolute atomic E-state index is 0.0361. The van der Waals surface area contributed by atoms with Gasteiger partial charge in [0.05, 0.1) is 13.3 Å². The number of nitrogens with zero attached hydrogens (tertiary/aromatic N) is 1. The van der Waals surface area contributed by atoms with Crippen LogP contribution in [0.15, 0.2) is 77.9 Å². The predicted molar refractivity (Wildman–Crippen MR) is 112 cm³/mol. The minimum atomic E-state index is -0.718. The van der Waals surface area contributed by atoms with E-state index in [0.717, 1.165) is 11.1 Å². The van der Waals surface area contributed by atoms with Gasteiger partial charge in [-0.2, -0.15) is 5.10 Å². The molecule has 3 aromatic carbocycles. The lowest BCUT2D eigenvalue weighted by molar-refractivity contribution is -0.127. The molecule has 0 bridgehead atoms. The van der Waals surface area contributed by atoms with E-state index in [1.54, 1.807) is 19.1 Å². The Morgan fingerprint density at radius 3 is 2.41 bits per heavy atom. The molecular formula is C23H22N2O4. The van der Waals surface area contributed by atoms with Crippen molar-refractivity contribution in [3.63, 3.8) is 0 Å². The number of aromatic hydroxyl groups is 1. The summed E-state index contributed by atoms with van der Waals surface area (Å²) in [6.07, 6.45) is 0.741. The zero-order valence-electron chi connectivity index (χ0n) is 16.2. The summed E-state index contributed by atoms with van der Waals surface area (Å²) in [6, 6.07) is 22.3. The molecule has 29 heavy (non-hydrogen) atoms. The van der Waals surface area contributed by atoms with Crippen LogP contribution in [0.25, 0.3) is 11.1 Å². The van der Waals surface area contributed by atoms with Crippen molar-refractivity contribution in [3.8, 4) is 28.4 Å². The molecule has 3 aromatic rings. The lowest BCUT2D eigenvalue weighted by Crippen LogP contribution is -2.33. The molecule has 0 saturated heterocycles. The number of carbonyl (C=O) groups excluding carboxylic acids is 1. The van der Waals surface area contributed by atoms with E-state index in [2.05, 4.69) is 10.5 Å². The Bertz CT molecular complexity index is 986. The van der Waals surface area contributed by atoms with Gasteiger partial charge in [-0.1, -0.05) is 42.5 Å². The average Bonchev–Trinajstić information content (AvgIpc) is 2.76. The van der Waals surface area contributed by atoms with Crippen molar-refractivity contribution in [3.05, 3.63) is 78.4 Å². The maximum absolute atomic E-state index is 12.2. The fourth-order valence-corrected chi connectivity index (χ4v) is 2.65. The van der Waals surface area contributed by atoms with Crippen LogP contribution in [0.4, 0.5) is 0 Å². The van der Waals surface area contributed by atoms with Crippen molar-refractivity contribution in [2.75, 3.05) is 7.11 Å². The number of nitrogens with one attached hydrogen (secondary N) is 1. The van der Waals surface area contributed by atoms with Crippen LogP contribution in [0, 0.1) is 0 Å². The number of benzene rings is 3. The maximum Gasteiger partial charge on any atom is 0.280 e. The summed E-state index contributed by atoms with van der Waals surface area (Å²) in [6.45, 7) is 1.65. The lowest BCUT2D eigenvalue weighted by Gasteiger charge is -2.13. The summed E-state index contributed by atoms with van der Waals surface area (Å²) in [5.41, 5.74) is 5.30. The Hall–Kier alpha value is -3.80. The standard InChI is InChI=1S/C23H22N2O4/c1-16(23(27)25-24-15-17-8-13-21(26)22(14-17)28-2)29-20-11-9-19(10-12-20)18-6-4-3-5-7-18/h3-16,26H,1-2H3,(H,25,27)/b24-15-/t16-/m0/s1. The summed E-state index contributed by atoms with van der Waals surface area (Å²) < 4.78 is 10.7.